The Labute approximate surface area is 259 Å². The molecular weight excluding hydrogens is 599 g/mol. The lowest BCUT2D eigenvalue weighted by Crippen LogP contribution is -2.49. The standard InChI is InChI=1S/C30H32Cl2N4O7/c1-18(2)12-24(34-29(37)19(3)43-26-11-10-22(31)14-23(26)32)30(38)35-33-16-21-13-27(41-4)28(15-25(21)36(39)40)42-17-20-8-6-5-7-9-20/h5-11,13-16,18-19,24H,12,17H2,1-4H3,(H,34,37)(H,35,38)/b33-16-/t19-,24+/m1/s1. The third kappa shape index (κ3) is 9.86. The molecule has 11 nitrogen and oxygen atoms in total. The van der Waals surface area contributed by atoms with Crippen molar-refractivity contribution in [2.75, 3.05) is 7.11 Å². The van der Waals surface area contributed by atoms with Crippen LogP contribution in [-0.2, 0) is 16.2 Å². The number of benzene rings is 3. The maximum absolute atomic E-state index is 13.0. The zero-order chi connectivity index (χ0) is 31.5. The number of nitrogens with one attached hydrogen (secondary N) is 2. The van der Waals surface area contributed by atoms with Crippen LogP contribution in [0.5, 0.6) is 17.2 Å². The zero-order valence-corrected chi connectivity index (χ0v) is 25.5. The van der Waals surface area contributed by atoms with Gasteiger partial charge in [-0.3, -0.25) is 19.7 Å². The van der Waals surface area contributed by atoms with Crippen LogP contribution in [0, 0.1) is 16.0 Å². The van der Waals surface area contributed by atoms with Gasteiger partial charge >= 0.3 is 0 Å². The van der Waals surface area contributed by atoms with E-state index >= 15 is 0 Å². The van der Waals surface area contributed by atoms with Gasteiger partial charge in [0.25, 0.3) is 17.5 Å². The Bertz CT molecular complexity index is 1470. The van der Waals surface area contributed by atoms with Crippen LogP contribution in [0.3, 0.4) is 0 Å². The number of hydrogen-bond acceptors (Lipinski definition) is 8. The van der Waals surface area contributed by atoms with E-state index in [1.54, 1.807) is 6.07 Å². The molecule has 0 unspecified atom stereocenters. The van der Waals surface area contributed by atoms with E-state index < -0.39 is 28.9 Å². The summed E-state index contributed by atoms with van der Waals surface area (Å²) < 4.78 is 16.8. The number of hydrazone groups is 1. The highest BCUT2D eigenvalue weighted by molar-refractivity contribution is 6.35. The minimum Gasteiger partial charge on any atom is -0.493 e. The van der Waals surface area contributed by atoms with Crippen molar-refractivity contribution in [3.63, 3.8) is 0 Å². The lowest BCUT2D eigenvalue weighted by molar-refractivity contribution is -0.385. The first-order valence-corrected chi connectivity index (χ1v) is 14.0. The van der Waals surface area contributed by atoms with Crippen molar-refractivity contribution < 1.29 is 28.7 Å². The van der Waals surface area contributed by atoms with Crippen molar-refractivity contribution in [2.45, 2.75) is 45.9 Å². The van der Waals surface area contributed by atoms with Crippen LogP contribution in [0.2, 0.25) is 10.0 Å². The lowest BCUT2D eigenvalue weighted by atomic mass is 10.0. The van der Waals surface area contributed by atoms with Crippen molar-refractivity contribution >= 4 is 46.9 Å². The predicted molar refractivity (Wildman–Crippen MR) is 164 cm³/mol. The fourth-order valence-electron chi connectivity index (χ4n) is 3.88. The Hall–Kier alpha value is -4.35. The van der Waals surface area contributed by atoms with E-state index in [0.717, 1.165) is 11.8 Å². The third-order valence-electron chi connectivity index (χ3n) is 6.03. The van der Waals surface area contributed by atoms with E-state index in [4.69, 9.17) is 37.4 Å². The third-order valence-corrected chi connectivity index (χ3v) is 6.56. The second kappa shape index (κ2) is 15.8. The highest BCUT2D eigenvalue weighted by Crippen LogP contribution is 2.34. The van der Waals surface area contributed by atoms with Crippen molar-refractivity contribution in [2.24, 2.45) is 11.0 Å². The van der Waals surface area contributed by atoms with Gasteiger partial charge in [-0.05, 0) is 49.1 Å². The number of amides is 2. The van der Waals surface area contributed by atoms with Crippen LogP contribution in [0.25, 0.3) is 0 Å². The van der Waals surface area contributed by atoms with E-state index in [0.29, 0.717) is 11.4 Å². The molecule has 3 aromatic rings. The summed E-state index contributed by atoms with van der Waals surface area (Å²) in [5.41, 5.74) is 2.99. The molecule has 3 aromatic carbocycles. The van der Waals surface area contributed by atoms with Crippen LogP contribution in [0.15, 0.2) is 65.8 Å². The first-order chi connectivity index (χ1) is 20.5. The monoisotopic (exact) mass is 630 g/mol. The molecule has 0 aliphatic rings. The van der Waals surface area contributed by atoms with Crippen molar-refractivity contribution in [3.05, 3.63) is 92.0 Å². The Morgan fingerprint density at radius 2 is 1.72 bits per heavy atom. The number of carbonyl (C=O) groups excluding carboxylic acids is 2. The van der Waals surface area contributed by atoms with Crippen molar-refractivity contribution in [1.29, 1.82) is 0 Å². The number of rotatable bonds is 14. The molecule has 0 aliphatic carbocycles. The summed E-state index contributed by atoms with van der Waals surface area (Å²) in [5.74, 6) is -0.452. The van der Waals surface area contributed by atoms with Crippen LogP contribution in [-0.4, -0.2) is 42.2 Å². The van der Waals surface area contributed by atoms with Gasteiger partial charge in [-0.2, -0.15) is 5.10 Å². The molecule has 3 rings (SSSR count). The zero-order valence-electron chi connectivity index (χ0n) is 24.0. The van der Waals surface area contributed by atoms with Gasteiger partial charge < -0.3 is 19.5 Å². The average Bonchev–Trinajstić information content (AvgIpc) is 2.97. The van der Waals surface area contributed by atoms with Crippen LogP contribution < -0.4 is 25.0 Å². The number of methoxy groups -OCH3 is 1. The van der Waals surface area contributed by atoms with Crippen LogP contribution in [0.1, 0.15) is 38.3 Å². The van der Waals surface area contributed by atoms with E-state index in [2.05, 4.69) is 15.8 Å². The van der Waals surface area contributed by atoms with Gasteiger partial charge in [0.2, 0.25) is 0 Å². The Balaban J connectivity index is 1.71. The molecule has 0 fully saturated rings. The first-order valence-electron chi connectivity index (χ1n) is 13.3. The van der Waals surface area contributed by atoms with Gasteiger partial charge in [-0.25, -0.2) is 5.43 Å². The van der Waals surface area contributed by atoms with E-state index in [1.807, 2.05) is 44.2 Å². The fraction of sp³-hybridized carbons (Fsp3) is 0.300. The average molecular weight is 632 g/mol. The second-order valence-electron chi connectivity index (χ2n) is 9.85. The van der Waals surface area contributed by atoms with Crippen molar-refractivity contribution in [3.8, 4) is 17.2 Å². The molecule has 0 aliphatic heterocycles. The summed E-state index contributed by atoms with van der Waals surface area (Å²) in [6.45, 7) is 5.47. The summed E-state index contributed by atoms with van der Waals surface area (Å²) in [6.07, 6.45) is 0.438. The van der Waals surface area contributed by atoms with E-state index in [9.17, 15) is 19.7 Å². The van der Waals surface area contributed by atoms with E-state index in [1.165, 1.54) is 38.3 Å². The van der Waals surface area contributed by atoms with Gasteiger partial charge in [0.15, 0.2) is 17.6 Å². The van der Waals surface area contributed by atoms with Gasteiger partial charge in [0, 0.05) is 5.02 Å². The summed E-state index contributed by atoms with van der Waals surface area (Å²) in [5, 5.41) is 19.0. The molecule has 2 atom stereocenters. The molecule has 0 spiro atoms. The van der Waals surface area contributed by atoms with Crippen molar-refractivity contribution in [1.82, 2.24) is 10.7 Å². The number of nitrogens with zero attached hydrogens (tertiary/aromatic N) is 2. The van der Waals surface area contributed by atoms with Gasteiger partial charge in [-0.15, -0.1) is 0 Å². The summed E-state index contributed by atoms with van der Waals surface area (Å²) >= 11 is 12.0. The van der Waals surface area contributed by atoms with Crippen LogP contribution >= 0.6 is 23.2 Å². The maximum atomic E-state index is 13.0. The highest BCUT2D eigenvalue weighted by Gasteiger charge is 2.26. The molecule has 0 aromatic heterocycles. The SMILES string of the molecule is COc1cc(/C=N\NC(=O)[C@H](CC(C)C)NC(=O)[C@@H](C)Oc2ccc(Cl)cc2Cl)c([N+](=O)[O-])cc1OCc1ccccc1. The van der Waals surface area contributed by atoms with Gasteiger partial charge in [0.05, 0.1) is 34.9 Å². The number of halogens is 2. The summed E-state index contributed by atoms with van der Waals surface area (Å²) in [6, 6.07) is 15.6. The Morgan fingerprint density at radius 1 is 1.00 bits per heavy atom. The predicted octanol–water partition coefficient (Wildman–Crippen LogP) is 5.94. The molecule has 228 valence electrons. The normalized spacial score (nSPS) is 12.4. The number of ether oxygens (including phenoxy) is 3. The number of hydrogen-bond donors (Lipinski definition) is 2. The molecular formula is C30H32Cl2N4O7. The van der Waals surface area contributed by atoms with E-state index in [-0.39, 0.29) is 46.0 Å². The topological polar surface area (TPSA) is 141 Å². The number of carbonyl (C=O) groups is 2. The molecule has 13 heteroatoms. The number of nitro groups is 1. The minimum atomic E-state index is -0.984. The second-order valence-corrected chi connectivity index (χ2v) is 10.7. The molecule has 0 saturated heterocycles. The summed E-state index contributed by atoms with van der Waals surface area (Å²) in [7, 11) is 1.41. The lowest BCUT2D eigenvalue weighted by Gasteiger charge is -2.22. The first kappa shape index (κ1) is 33.2. The largest absolute Gasteiger partial charge is 0.493 e. The molecule has 0 radical (unpaired) electrons. The fourth-order valence-corrected chi connectivity index (χ4v) is 4.34. The Kier molecular flexibility index (Phi) is 12.2. The highest BCUT2D eigenvalue weighted by atomic mass is 35.5. The Morgan fingerprint density at radius 3 is 2.35 bits per heavy atom. The summed E-state index contributed by atoms with van der Waals surface area (Å²) in [4.78, 5) is 37.1. The molecule has 0 heterocycles. The quantitative estimate of drug-likeness (QED) is 0.128. The molecule has 43 heavy (non-hydrogen) atoms. The molecule has 2 amide bonds. The molecule has 2 N–H and O–H groups in total. The molecule has 0 bridgehead atoms. The smallest absolute Gasteiger partial charge is 0.282 e. The maximum Gasteiger partial charge on any atom is 0.282 e. The van der Waals surface area contributed by atoms with Gasteiger partial charge in [0.1, 0.15) is 18.4 Å². The van der Waals surface area contributed by atoms with Crippen LogP contribution in [0.4, 0.5) is 5.69 Å². The van der Waals surface area contributed by atoms with Gasteiger partial charge in [-0.1, -0.05) is 67.4 Å². The molecule has 0 saturated carbocycles. The number of nitro benzene ring substituents is 1. The minimum absolute atomic E-state index is 0.0377.